The highest BCUT2D eigenvalue weighted by molar-refractivity contribution is 6.32. The Morgan fingerprint density at radius 2 is 2.00 bits per heavy atom. The molecule has 0 bridgehead atoms. The molecule has 134 valence electrons. The highest BCUT2D eigenvalue weighted by Gasteiger charge is 2.22. The second kappa shape index (κ2) is 8.67. The van der Waals surface area contributed by atoms with Crippen LogP contribution in [0, 0.1) is 13.8 Å². The molecule has 0 radical (unpaired) electrons. The van der Waals surface area contributed by atoms with Crippen LogP contribution in [0.1, 0.15) is 41.4 Å². The minimum absolute atomic E-state index is 0.210. The van der Waals surface area contributed by atoms with E-state index < -0.39 is 11.9 Å². The van der Waals surface area contributed by atoms with Gasteiger partial charge in [-0.3, -0.25) is 9.48 Å². The molecule has 1 aromatic carbocycles. The Bertz CT molecular complexity index is 771. The van der Waals surface area contributed by atoms with Crippen molar-refractivity contribution in [3.8, 4) is 0 Å². The van der Waals surface area contributed by atoms with Crippen molar-refractivity contribution in [1.29, 1.82) is 0 Å². The number of carbonyl (C=O) groups excluding carboxylic acids is 2. The summed E-state index contributed by atoms with van der Waals surface area (Å²) in [4.78, 5) is 24.2. The number of carbonyl (C=O) groups is 2. The predicted molar refractivity (Wildman–Crippen MR) is 97.0 cm³/mol. The maximum absolute atomic E-state index is 12.3. The Hall–Kier alpha value is -2.34. The van der Waals surface area contributed by atoms with Gasteiger partial charge in [-0.15, -0.1) is 0 Å². The van der Waals surface area contributed by atoms with Gasteiger partial charge in [-0.25, -0.2) is 4.79 Å². The third-order valence-corrected chi connectivity index (χ3v) is 4.13. The highest BCUT2D eigenvalue weighted by atomic mass is 35.5. The van der Waals surface area contributed by atoms with Gasteiger partial charge < -0.3 is 10.1 Å². The zero-order valence-corrected chi connectivity index (χ0v) is 15.4. The molecule has 2 rings (SSSR count). The Morgan fingerprint density at radius 3 is 2.68 bits per heavy atom. The molecule has 1 aromatic heterocycles. The summed E-state index contributed by atoms with van der Waals surface area (Å²) >= 11 is 6.23. The molecule has 7 heteroatoms. The lowest BCUT2D eigenvalue weighted by Crippen LogP contribution is -2.21. The first-order valence-electron chi connectivity index (χ1n) is 8.19. The number of halogens is 1. The Morgan fingerprint density at radius 1 is 1.28 bits per heavy atom. The average Bonchev–Trinajstić information content (AvgIpc) is 2.86. The van der Waals surface area contributed by atoms with Crippen molar-refractivity contribution < 1.29 is 14.3 Å². The van der Waals surface area contributed by atoms with E-state index in [0.717, 1.165) is 18.4 Å². The molecular formula is C18H22ClN3O3. The molecule has 25 heavy (non-hydrogen) atoms. The number of nitrogens with zero attached hydrogens (tertiary/aromatic N) is 2. The molecule has 0 saturated carbocycles. The topological polar surface area (TPSA) is 73.2 Å². The van der Waals surface area contributed by atoms with Gasteiger partial charge in [-0.2, -0.15) is 5.10 Å². The Balaban J connectivity index is 1.97. The lowest BCUT2D eigenvalue weighted by atomic mass is 10.2. The van der Waals surface area contributed by atoms with Crippen molar-refractivity contribution in [1.82, 2.24) is 9.78 Å². The zero-order valence-electron chi connectivity index (χ0n) is 14.6. The summed E-state index contributed by atoms with van der Waals surface area (Å²) < 4.78 is 6.68. The summed E-state index contributed by atoms with van der Waals surface area (Å²) in [7, 11) is 0. The normalized spacial score (nSPS) is 10.6. The summed E-state index contributed by atoms with van der Waals surface area (Å²) in [6.45, 7) is 5.89. The van der Waals surface area contributed by atoms with Gasteiger partial charge in [0, 0.05) is 12.2 Å². The second-order valence-electron chi connectivity index (χ2n) is 5.77. The molecule has 2 aromatic rings. The molecule has 1 heterocycles. The van der Waals surface area contributed by atoms with Crippen LogP contribution in [-0.4, -0.2) is 28.3 Å². The van der Waals surface area contributed by atoms with Gasteiger partial charge >= 0.3 is 5.97 Å². The predicted octanol–water partition coefficient (Wildman–Crippen LogP) is 3.75. The van der Waals surface area contributed by atoms with E-state index in [0.29, 0.717) is 17.9 Å². The lowest BCUT2D eigenvalue weighted by molar-refractivity contribution is -0.119. The van der Waals surface area contributed by atoms with Gasteiger partial charge in [-0.1, -0.05) is 43.1 Å². The van der Waals surface area contributed by atoms with E-state index in [4.69, 9.17) is 16.3 Å². The molecule has 0 fully saturated rings. The number of aromatic nitrogens is 2. The smallest absolute Gasteiger partial charge is 0.343 e. The van der Waals surface area contributed by atoms with E-state index in [-0.39, 0.29) is 17.3 Å². The average molecular weight is 364 g/mol. The second-order valence-corrected chi connectivity index (χ2v) is 6.13. The van der Waals surface area contributed by atoms with E-state index in [1.807, 2.05) is 25.1 Å². The fourth-order valence-electron chi connectivity index (χ4n) is 2.34. The summed E-state index contributed by atoms with van der Waals surface area (Å²) in [5.74, 6) is -1.06. The van der Waals surface area contributed by atoms with Crippen LogP contribution in [0.3, 0.4) is 0 Å². The molecular weight excluding hydrogens is 342 g/mol. The van der Waals surface area contributed by atoms with Crippen molar-refractivity contribution >= 4 is 29.2 Å². The Labute approximate surface area is 152 Å². The van der Waals surface area contributed by atoms with Crippen molar-refractivity contribution in [3.05, 3.63) is 46.2 Å². The molecule has 0 aliphatic rings. The number of ether oxygens (including phenoxy) is 1. The maximum Gasteiger partial charge on any atom is 0.343 e. The highest BCUT2D eigenvalue weighted by Crippen LogP contribution is 2.21. The van der Waals surface area contributed by atoms with Crippen molar-refractivity contribution in [2.75, 3.05) is 11.9 Å². The van der Waals surface area contributed by atoms with Crippen LogP contribution in [0.2, 0.25) is 5.15 Å². The third-order valence-electron chi connectivity index (χ3n) is 3.75. The summed E-state index contributed by atoms with van der Waals surface area (Å²) in [5.41, 5.74) is 2.32. The number of para-hydroxylation sites is 1. The number of hydrogen-bond acceptors (Lipinski definition) is 4. The minimum atomic E-state index is -0.648. The number of nitrogens with one attached hydrogen (secondary N) is 1. The van der Waals surface area contributed by atoms with Crippen molar-refractivity contribution in [2.24, 2.45) is 0 Å². The molecule has 0 aliphatic carbocycles. The molecule has 0 unspecified atom stereocenters. The lowest BCUT2D eigenvalue weighted by Gasteiger charge is -2.08. The number of hydrogen-bond donors (Lipinski definition) is 1. The molecule has 0 spiro atoms. The van der Waals surface area contributed by atoms with Crippen LogP contribution >= 0.6 is 11.6 Å². The summed E-state index contributed by atoms with van der Waals surface area (Å²) in [6.07, 6.45) is 1.91. The van der Waals surface area contributed by atoms with E-state index in [9.17, 15) is 9.59 Å². The molecule has 1 N–H and O–H groups in total. The number of benzene rings is 1. The summed E-state index contributed by atoms with van der Waals surface area (Å²) in [6, 6.07) is 7.37. The molecule has 0 saturated heterocycles. The van der Waals surface area contributed by atoms with Crippen LogP contribution in [0.15, 0.2) is 24.3 Å². The van der Waals surface area contributed by atoms with Gasteiger partial charge in [-0.05, 0) is 31.9 Å². The number of amides is 1. The van der Waals surface area contributed by atoms with Crippen LogP contribution in [0.5, 0.6) is 0 Å². The van der Waals surface area contributed by atoms with Gasteiger partial charge in [0.25, 0.3) is 5.91 Å². The van der Waals surface area contributed by atoms with Crippen molar-refractivity contribution in [3.63, 3.8) is 0 Å². The number of unbranched alkanes of at least 4 members (excludes halogenated alkanes) is 1. The molecule has 0 atom stereocenters. The first kappa shape index (κ1) is 19.0. The van der Waals surface area contributed by atoms with Gasteiger partial charge in [0.2, 0.25) is 0 Å². The number of aryl methyl sites for hydroxylation is 3. The molecule has 0 aliphatic heterocycles. The largest absolute Gasteiger partial charge is 0.452 e. The number of rotatable bonds is 7. The van der Waals surface area contributed by atoms with Crippen LogP contribution in [0.25, 0.3) is 0 Å². The first-order chi connectivity index (χ1) is 11.9. The minimum Gasteiger partial charge on any atom is -0.452 e. The van der Waals surface area contributed by atoms with Crippen molar-refractivity contribution in [2.45, 2.75) is 40.2 Å². The molecule has 6 nitrogen and oxygen atoms in total. The number of anilines is 1. The Kier molecular flexibility index (Phi) is 6.58. The SMILES string of the molecule is CCCCn1nc(C)c(C(=O)OCC(=O)Nc2ccccc2C)c1Cl. The van der Waals surface area contributed by atoms with Crippen LogP contribution < -0.4 is 5.32 Å². The first-order valence-corrected chi connectivity index (χ1v) is 8.57. The maximum atomic E-state index is 12.3. The number of esters is 1. The quantitative estimate of drug-likeness (QED) is 0.760. The monoisotopic (exact) mass is 363 g/mol. The van der Waals surface area contributed by atoms with Crippen LogP contribution in [-0.2, 0) is 16.1 Å². The zero-order chi connectivity index (χ0) is 18.4. The van der Waals surface area contributed by atoms with E-state index in [1.165, 1.54) is 0 Å². The summed E-state index contributed by atoms with van der Waals surface area (Å²) in [5, 5.41) is 7.21. The van der Waals surface area contributed by atoms with Crippen LogP contribution in [0.4, 0.5) is 5.69 Å². The van der Waals surface area contributed by atoms with E-state index in [2.05, 4.69) is 17.3 Å². The van der Waals surface area contributed by atoms with Gasteiger partial charge in [0.05, 0.1) is 5.69 Å². The van der Waals surface area contributed by atoms with Gasteiger partial charge in [0.15, 0.2) is 6.61 Å². The fraction of sp³-hybridized carbons (Fsp3) is 0.389. The fourth-order valence-corrected chi connectivity index (χ4v) is 2.68. The van der Waals surface area contributed by atoms with Gasteiger partial charge in [0.1, 0.15) is 10.7 Å². The third kappa shape index (κ3) is 4.82. The van der Waals surface area contributed by atoms with E-state index in [1.54, 1.807) is 17.7 Å². The van der Waals surface area contributed by atoms with E-state index >= 15 is 0 Å². The molecule has 1 amide bonds. The standard InChI is InChI=1S/C18H22ClN3O3/c1-4-5-10-22-17(19)16(13(3)21-22)18(24)25-11-15(23)20-14-9-7-6-8-12(14)2/h6-9H,4-5,10-11H2,1-3H3,(H,20,23).